The fraction of sp³-hybridized carbons (Fsp3) is 0.188. The molecule has 0 aliphatic carbocycles. The lowest BCUT2D eigenvalue weighted by Gasteiger charge is -2.26. The van der Waals surface area contributed by atoms with Crippen LogP contribution in [0.3, 0.4) is 0 Å². The third-order valence-electron chi connectivity index (χ3n) is 6.01. The Labute approximate surface area is 256 Å². The van der Waals surface area contributed by atoms with Crippen molar-refractivity contribution in [3.8, 4) is 23.0 Å². The predicted molar refractivity (Wildman–Crippen MR) is 161 cm³/mol. The average Bonchev–Trinajstić information content (AvgIpc) is 2.96. The fourth-order valence-electron chi connectivity index (χ4n) is 3.70. The molecule has 0 aliphatic heterocycles. The van der Waals surface area contributed by atoms with Crippen LogP contribution in [0.4, 0.5) is 18.9 Å². The van der Waals surface area contributed by atoms with E-state index in [4.69, 9.17) is 25.8 Å². The summed E-state index contributed by atoms with van der Waals surface area (Å²) in [7, 11) is 2.78. The summed E-state index contributed by atoms with van der Waals surface area (Å²) in [5, 5.41) is 21.8. The van der Waals surface area contributed by atoms with Gasteiger partial charge in [0.05, 0.1) is 24.8 Å². The number of rotatable bonds is 11. The number of benzene rings is 3. The number of alkyl halides is 3. The monoisotopic (exact) mass is 631 g/mol. The van der Waals surface area contributed by atoms with E-state index < -0.39 is 34.1 Å². The number of aromatic hydroxyl groups is 1. The lowest BCUT2D eigenvalue weighted by Crippen LogP contribution is -2.42. The molecule has 1 amide bonds. The molecular formula is C32H29ClF3NO7. The number of aliphatic hydroxyl groups excluding tert-OH is 1. The summed E-state index contributed by atoms with van der Waals surface area (Å²) < 4.78 is 55.8. The molecule has 0 bridgehead atoms. The van der Waals surface area contributed by atoms with Gasteiger partial charge in [-0.15, -0.1) is 0 Å². The van der Waals surface area contributed by atoms with Crippen molar-refractivity contribution >= 4 is 41.1 Å². The van der Waals surface area contributed by atoms with Crippen LogP contribution >= 0.6 is 11.6 Å². The molecule has 3 aromatic carbocycles. The Morgan fingerprint density at radius 2 is 1.48 bits per heavy atom. The van der Waals surface area contributed by atoms with Crippen LogP contribution in [0.5, 0.6) is 23.0 Å². The number of amides is 1. The topological polar surface area (TPSA) is 114 Å². The first-order valence-electron chi connectivity index (χ1n) is 12.9. The maximum Gasteiger partial charge on any atom is 0.417 e. The number of phenols is 1. The molecule has 0 unspecified atom stereocenters. The van der Waals surface area contributed by atoms with Crippen LogP contribution in [0.15, 0.2) is 78.6 Å². The summed E-state index contributed by atoms with van der Waals surface area (Å²) in [6.45, 7) is 2.87. The highest BCUT2D eigenvalue weighted by atomic mass is 35.5. The Morgan fingerprint density at radius 1 is 0.864 bits per heavy atom. The minimum atomic E-state index is -4.70. The SMILES string of the molecule is COc1cc(/C=C/C(=O)/C=C(O)/C=C/c2ccc(OC(C)(C)C(=O)Nc3ccc(Cl)c(C(F)(F)F)c3)c(OC)c2)ccc1O. The van der Waals surface area contributed by atoms with Crippen LogP contribution in [0.25, 0.3) is 12.2 Å². The highest BCUT2D eigenvalue weighted by molar-refractivity contribution is 6.31. The van der Waals surface area contributed by atoms with Gasteiger partial charge in [-0.25, -0.2) is 0 Å². The van der Waals surface area contributed by atoms with Crippen molar-refractivity contribution in [2.24, 2.45) is 0 Å². The highest BCUT2D eigenvalue weighted by Gasteiger charge is 2.35. The number of hydrogen-bond donors (Lipinski definition) is 3. The second kappa shape index (κ2) is 14.0. The number of ketones is 1. The molecular weight excluding hydrogens is 603 g/mol. The van der Waals surface area contributed by atoms with E-state index in [1.165, 1.54) is 70.6 Å². The van der Waals surface area contributed by atoms with E-state index >= 15 is 0 Å². The van der Waals surface area contributed by atoms with Gasteiger partial charge < -0.3 is 29.7 Å². The normalized spacial score (nSPS) is 12.4. The van der Waals surface area contributed by atoms with Gasteiger partial charge in [-0.2, -0.15) is 13.2 Å². The van der Waals surface area contributed by atoms with Crippen molar-refractivity contribution in [3.63, 3.8) is 0 Å². The summed E-state index contributed by atoms with van der Waals surface area (Å²) in [6, 6.07) is 12.3. The molecule has 0 aliphatic rings. The zero-order valence-corrected chi connectivity index (χ0v) is 24.8. The van der Waals surface area contributed by atoms with Gasteiger partial charge in [-0.3, -0.25) is 9.59 Å². The van der Waals surface area contributed by atoms with E-state index in [0.717, 1.165) is 18.2 Å². The fourth-order valence-corrected chi connectivity index (χ4v) is 3.92. The Morgan fingerprint density at radius 3 is 2.11 bits per heavy atom. The lowest BCUT2D eigenvalue weighted by molar-refractivity contribution is -0.137. The van der Waals surface area contributed by atoms with E-state index in [2.05, 4.69) is 5.32 Å². The van der Waals surface area contributed by atoms with E-state index in [1.54, 1.807) is 24.3 Å². The van der Waals surface area contributed by atoms with Gasteiger partial charge in [0.25, 0.3) is 5.91 Å². The molecule has 0 saturated heterocycles. The zero-order chi connectivity index (χ0) is 32.7. The second-order valence-electron chi connectivity index (χ2n) is 9.74. The van der Waals surface area contributed by atoms with E-state index in [0.29, 0.717) is 11.1 Å². The molecule has 0 atom stereocenters. The van der Waals surface area contributed by atoms with Gasteiger partial charge in [0, 0.05) is 11.8 Å². The number of halogens is 4. The molecule has 0 heterocycles. The summed E-state index contributed by atoms with van der Waals surface area (Å²) in [5.41, 5.74) is -1.58. The van der Waals surface area contributed by atoms with Gasteiger partial charge in [0.15, 0.2) is 34.4 Å². The molecule has 0 fully saturated rings. The van der Waals surface area contributed by atoms with Crippen LogP contribution < -0.4 is 19.5 Å². The molecule has 3 rings (SSSR count). The van der Waals surface area contributed by atoms with Crippen LogP contribution in [0, 0.1) is 0 Å². The smallest absolute Gasteiger partial charge is 0.417 e. The first-order valence-corrected chi connectivity index (χ1v) is 13.2. The number of carbonyl (C=O) groups is 2. The Hall–Kier alpha value is -4.90. The molecule has 8 nitrogen and oxygen atoms in total. The number of methoxy groups -OCH3 is 2. The number of allylic oxidation sites excluding steroid dienone is 3. The predicted octanol–water partition coefficient (Wildman–Crippen LogP) is 7.62. The summed E-state index contributed by atoms with van der Waals surface area (Å²) in [4.78, 5) is 25.1. The molecule has 0 spiro atoms. The molecule has 3 aromatic rings. The summed E-state index contributed by atoms with van der Waals surface area (Å²) >= 11 is 5.65. The van der Waals surface area contributed by atoms with Crippen molar-refractivity contribution in [2.45, 2.75) is 25.6 Å². The van der Waals surface area contributed by atoms with Gasteiger partial charge in [0.1, 0.15) is 5.76 Å². The minimum absolute atomic E-state index is 0.0378. The summed E-state index contributed by atoms with van der Waals surface area (Å²) in [5.74, 6) is -0.930. The van der Waals surface area contributed by atoms with Crippen molar-refractivity contribution in [1.82, 2.24) is 0 Å². The third kappa shape index (κ3) is 9.05. The number of ether oxygens (including phenoxy) is 3. The Bertz CT molecular complexity index is 1630. The number of nitrogens with one attached hydrogen (secondary N) is 1. The quantitative estimate of drug-likeness (QED) is 0.113. The first-order chi connectivity index (χ1) is 20.6. The van der Waals surface area contributed by atoms with Gasteiger partial charge in [-0.05, 0) is 79.6 Å². The molecule has 12 heteroatoms. The van der Waals surface area contributed by atoms with E-state index in [1.807, 2.05) is 0 Å². The zero-order valence-electron chi connectivity index (χ0n) is 24.0. The van der Waals surface area contributed by atoms with Crippen molar-refractivity contribution in [2.75, 3.05) is 19.5 Å². The second-order valence-corrected chi connectivity index (χ2v) is 10.1. The average molecular weight is 632 g/mol. The van der Waals surface area contributed by atoms with Crippen LogP contribution in [-0.4, -0.2) is 41.7 Å². The van der Waals surface area contributed by atoms with Gasteiger partial charge in [0.2, 0.25) is 0 Å². The van der Waals surface area contributed by atoms with E-state index in [-0.39, 0.29) is 34.4 Å². The van der Waals surface area contributed by atoms with Gasteiger partial charge in [-0.1, -0.05) is 35.9 Å². The Kier molecular flexibility index (Phi) is 10.7. The van der Waals surface area contributed by atoms with Crippen LogP contribution in [-0.2, 0) is 15.8 Å². The number of carbonyl (C=O) groups excluding carboxylic acids is 2. The van der Waals surface area contributed by atoms with Crippen LogP contribution in [0.2, 0.25) is 5.02 Å². The standard InChI is InChI=1S/C32H29ClF3NO7/c1-31(2,30(41)37-21-9-12-25(33)24(17-21)32(34,35)36)44-27-14-8-20(16-29(27)43-4)6-11-23(39)18-22(38)10-5-19-7-13-26(40)28(15-19)42-3/h5-18,39-40H,1-4H3,(H,37,41)/b10-5+,11-6+,23-18-. The highest BCUT2D eigenvalue weighted by Crippen LogP contribution is 2.37. The van der Waals surface area contributed by atoms with Crippen LogP contribution in [0.1, 0.15) is 30.5 Å². The first kappa shape index (κ1) is 33.6. The molecule has 0 saturated carbocycles. The summed E-state index contributed by atoms with van der Waals surface area (Å²) in [6.07, 6.45) is 1.86. The molecule has 3 N–H and O–H groups in total. The van der Waals surface area contributed by atoms with Crippen molar-refractivity contribution in [1.29, 1.82) is 0 Å². The number of hydrogen-bond acceptors (Lipinski definition) is 7. The molecule has 0 aromatic heterocycles. The maximum atomic E-state index is 13.2. The number of anilines is 1. The van der Waals surface area contributed by atoms with Crippen molar-refractivity contribution < 1.29 is 47.2 Å². The number of aliphatic hydroxyl groups is 1. The lowest BCUT2D eigenvalue weighted by atomic mass is 10.1. The van der Waals surface area contributed by atoms with Crippen molar-refractivity contribution in [3.05, 3.63) is 100 Å². The Balaban J connectivity index is 1.68. The largest absolute Gasteiger partial charge is 0.508 e. The third-order valence-corrected chi connectivity index (χ3v) is 6.34. The minimum Gasteiger partial charge on any atom is -0.508 e. The molecule has 44 heavy (non-hydrogen) atoms. The van der Waals surface area contributed by atoms with Gasteiger partial charge >= 0.3 is 6.18 Å². The number of phenolic OH excluding ortho intramolecular Hbond substituents is 1. The molecule has 232 valence electrons. The molecule has 0 radical (unpaired) electrons. The van der Waals surface area contributed by atoms with E-state index in [9.17, 15) is 33.0 Å². The maximum absolute atomic E-state index is 13.2.